The fourth-order valence-corrected chi connectivity index (χ4v) is 2.34. The Morgan fingerprint density at radius 1 is 1.65 bits per heavy atom. The molecule has 1 rings (SSSR count). The zero-order valence-electron chi connectivity index (χ0n) is 9.04. The Labute approximate surface area is 97.7 Å². The lowest BCUT2D eigenvalue weighted by Crippen LogP contribution is -2.41. The minimum atomic E-state index is -3.97. The summed E-state index contributed by atoms with van der Waals surface area (Å²) in [5.74, 6) is -0.946. The molecule has 1 aromatic rings. The van der Waals surface area contributed by atoms with Crippen LogP contribution in [0.2, 0.25) is 0 Å². The molecule has 4 N–H and O–H groups in total. The maximum absolute atomic E-state index is 11.7. The zero-order chi connectivity index (χ0) is 13.1. The molecular weight excluding hydrogens is 250 g/mol. The average Bonchev–Trinajstić information content (AvgIpc) is 2.64. The minimum Gasteiger partial charge on any atom is -0.480 e. The van der Waals surface area contributed by atoms with Gasteiger partial charge >= 0.3 is 5.97 Å². The summed E-state index contributed by atoms with van der Waals surface area (Å²) in [4.78, 5) is 16.9. The maximum Gasteiger partial charge on any atom is 0.321 e. The predicted octanol–water partition coefficient (Wildman–Crippen LogP) is -1.17. The molecule has 0 bridgehead atoms. The molecule has 0 fully saturated rings. The number of aromatic amines is 1. The number of nitrogens with one attached hydrogen (secondary N) is 2. The maximum atomic E-state index is 11.7. The zero-order valence-corrected chi connectivity index (χ0v) is 9.86. The Kier molecular flexibility index (Phi) is 4.21. The lowest BCUT2D eigenvalue weighted by Gasteiger charge is -2.12. The first kappa shape index (κ1) is 13.6. The third-order valence-corrected chi connectivity index (χ3v) is 3.36. The second-order valence-electron chi connectivity index (χ2n) is 3.36. The molecule has 0 spiro atoms. The number of imidazole rings is 1. The third-order valence-electron chi connectivity index (χ3n) is 1.98. The van der Waals surface area contributed by atoms with Crippen LogP contribution in [0.5, 0.6) is 0 Å². The molecule has 0 aliphatic heterocycles. The summed E-state index contributed by atoms with van der Waals surface area (Å²) in [5.41, 5.74) is 0. The van der Waals surface area contributed by atoms with E-state index >= 15 is 0 Å². The van der Waals surface area contributed by atoms with Crippen LogP contribution in [0.1, 0.15) is 12.2 Å². The summed E-state index contributed by atoms with van der Waals surface area (Å²) in [6.45, 7) is 1.14. The van der Waals surface area contributed by atoms with Gasteiger partial charge in [0.05, 0.1) is 6.20 Å². The summed E-state index contributed by atoms with van der Waals surface area (Å²) in [7, 11) is -3.97. The number of carbonyl (C=O) groups is 1. The molecule has 0 aliphatic carbocycles. The molecule has 9 heteroatoms. The van der Waals surface area contributed by atoms with Crippen LogP contribution in [0, 0.1) is 6.92 Å². The highest BCUT2D eigenvalue weighted by atomic mass is 32.2. The van der Waals surface area contributed by atoms with Gasteiger partial charge in [0.25, 0.3) is 10.0 Å². The van der Waals surface area contributed by atoms with Crippen LogP contribution < -0.4 is 4.72 Å². The topological polar surface area (TPSA) is 132 Å². The van der Waals surface area contributed by atoms with Crippen LogP contribution in [-0.4, -0.2) is 47.2 Å². The van der Waals surface area contributed by atoms with E-state index in [1.165, 1.54) is 0 Å². The summed E-state index contributed by atoms with van der Waals surface area (Å²) >= 11 is 0. The second kappa shape index (κ2) is 5.25. The van der Waals surface area contributed by atoms with Crippen molar-refractivity contribution in [3.05, 3.63) is 12.0 Å². The molecule has 0 aliphatic rings. The fraction of sp³-hybridized carbons (Fsp3) is 0.500. The molecule has 0 aromatic carbocycles. The van der Waals surface area contributed by atoms with Crippen LogP contribution in [-0.2, 0) is 14.8 Å². The quantitative estimate of drug-likeness (QED) is 0.511. The van der Waals surface area contributed by atoms with Crippen molar-refractivity contribution in [2.24, 2.45) is 0 Å². The molecular formula is C8H13N3O5S. The second-order valence-corrected chi connectivity index (χ2v) is 5.04. The SMILES string of the molecule is Cc1ncc(S(=O)(=O)NC(CCO)C(=O)O)[nH]1. The summed E-state index contributed by atoms with van der Waals surface area (Å²) in [6.07, 6.45) is 0.886. The van der Waals surface area contributed by atoms with Gasteiger partial charge in [0.1, 0.15) is 11.9 Å². The van der Waals surface area contributed by atoms with Crippen molar-refractivity contribution in [3.8, 4) is 0 Å². The third kappa shape index (κ3) is 3.51. The van der Waals surface area contributed by atoms with Crippen LogP contribution in [0.3, 0.4) is 0 Å². The van der Waals surface area contributed by atoms with E-state index in [2.05, 4.69) is 9.97 Å². The van der Waals surface area contributed by atoms with E-state index in [9.17, 15) is 13.2 Å². The van der Waals surface area contributed by atoms with E-state index in [0.29, 0.717) is 5.82 Å². The van der Waals surface area contributed by atoms with Crippen molar-refractivity contribution in [2.75, 3.05) is 6.61 Å². The molecule has 8 nitrogen and oxygen atoms in total. The molecule has 1 heterocycles. The number of H-pyrrole nitrogens is 1. The summed E-state index contributed by atoms with van der Waals surface area (Å²) in [6, 6.07) is -1.37. The number of hydrogen-bond donors (Lipinski definition) is 4. The van der Waals surface area contributed by atoms with Crippen LogP contribution in [0.15, 0.2) is 11.2 Å². The molecule has 0 radical (unpaired) electrons. The van der Waals surface area contributed by atoms with Gasteiger partial charge in [-0.3, -0.25) is 4.79 Å². The van der Waals surface area contributed by atoms with Gasteiger partial charge in [0.2, 0.25) is 0 Å². The lowest BCUT2D eigenvalue weighted by atomic mass is 10.2. The van der Waals surface area contributed by atoms with E-state index < -0.39 is 28.6 Å². The normalized spacial score (nSPS) is 13.5. The molecule has 0 saturated heterocycles. The van der Waals surface area contributed by atoms with Gasteiger partial charge < -0.3 is 15.2 Å². The molecule has 96 valence electrons. The highest BCUT2D eigenvalue weighted by Gasteiger charge is 2.25. The fourth-order valence-electron chi connectivity index (χ4n) is 1.15. The lowest BCUT2D eigenvalue weighted by molar-refractivity contribution is -0.139. The molecule has 1 atom stereocenters. The van der Waals surface area contributed by atoms with Crippen molar-refractivity contribution >= 4 is 16.0 Å². The van der Waals surface area contributed by atoms with Crippen molar-refractivity contribution in [3.63, 3.8) is 0 Å². The number of aliphatic hydroxyl groups excluding tert-OH is 1. The molecule has 0 saturated carbocycles. The summed E-state index contributed by atoms with van der Waals surface area (Å²) in [5, 5.41) is 17.2. The number of carboxylic acid groups (broad SMARTS) is 1. The van der Waals surface area contributed by atoms with E-state index in [1.807, 2.05) is 4.72 Å². The Hall–Kier alpha value is -1.45. The molecule has 17 heavy (non-hydrogen) atoms. The highest BCUT2D eigenvalue weighted by molar-refractivity contribution is 7.89. The number of carboxylic acids is 1. The number of aryl methyl sites for hydroxylation is 1. The Morgan fingerprint density at radius 2 is 2.29 bits per heavy atom. The number of hydrogen-bond acceptors (Lipinski definition) is 5. The first-order chi connectivity index (χ1) is 7.86. The van der Waals surface area contributed by atoms with E-state index in [-0.39, 0.29) is 11.4 Å². The van der Waals surface area contributed by atoms with Crippen molar-refractivity contribution in [1.29, 1.82) is 0 Å². The number of aliphatic carboxylic acids is 1. The van der Waals surface area contributed by atoms with E-state index in [4.69, 9.17) is 10.2 Å². The number of aromatic nitrogens is 2. The first-order valence-electron chi connectivity index (χ1n) is 4.74. The first-order valence-corrected chi connectivity index (χ1v) is 6.22. The number of nitrogens with zero attached hydrogens (tertiary/aromatic N) is 1. The summed E-state index contributed by atoms with van der Waals surface area (Å²) < 4.78 is 25.4. The monoisotopic (exact) mass is 263 g/mol. The standard InChI is InChI=1S/C8H13N3O5S/c1-5-9-4-7(10-5)17(15,16)11-6(2-3-12)8(13)14/h4,6,11-12H,2-3H2,1H3,(H,9,10)(H,13,14). The van der Waals surface area contributed by atoms with Gasteiger partial charge in [-0.1, -0.05) is 0 Å². The van der Waals surface area contributed by atoms with Crippen LogP contribution in [0.4, 0.5) is 0 Å². The van der Waals surface area contributed by atoms with Crippen molar-refractivity contribution < 1.29 is 23.4 Å². The van der Waals surface area contributed by atoms with Gasteiger partial charge in [-0.25, -0.2) is 13.4 Å². The largest absolute Gasteiger partial charge is 0.480 e. The van der Waals surface area contributed by atoms with Crippen molar-refractivity contribution in [2.45, 2.75) is 24.4 Å². The minimum absolute atomic E-state index is 0.207. The number of sulfonamides is 1. The Morgan fingerprint density at radius 3 is 2.71 bits per heavy atom. The van der Waals surface area contributed by atoms with Gasteiger partial charge in [0.15, 0.2) is 5.03 Å². The molecule has 0 amide bonds. The predicted molar refractivity (Wildman–Crippen MR) is 56.8 cm³/mol. The smallest absolute Gasteiger partial charge is 0.321 e. The number of aliphatic hydroxyl groups is 1. The van der Waals surface area contributed by atoms with Gasteiger partial charge in [-0.2, -0.15) is 4.72 Å². The Bertz CT molecular complexity index is 495. The highest BCUT2D eigenvalue weighted by Crippen LogP contribution is 2.07. The number of rotatable bonds is 6. The van der Waals surface area contributed by atoms with Gasteiger partial charge in [0, 0.05) is 6.61 Å². The van der Waals surface area contributed by atoms with E-state index in [0.717, 1.165) is 6.20 Å². The average molecular weight is 263 g/mol. The van der Waals surface area contributed by atoms with Crippen molar-refractivity contribution in [1.82, 2.24) is 14.7 Å². The molecule has 1 aromatic heterocycles. The Balaban J connectivity index is 2.88. The van der Waals surface area contributed by atoms with Gasteiger partial charge in [-0.15, -0.1) is 0 Å². The molecule has 1 unspecified atom stereocenters. The van der Waals surface area contributed by atoms with Crippen LogP contribution >= 0.6 is 0 Å². The van der Waals surface area contributed by atoms with Crippen LogP contribution in [0.25, 0.3) is 0 Å². The van der Waals surface area contributed by atoms with E-state index in [1.54, 1.807) is 6.92 Å². The van der Waals surface area contributed by atoms with Gasteiger partial charge in [-0.05, 0) is 13.3 Å².